The number of hydrogen-bond acceptors (Lipinski definition) is 4. The lowest BCUT2D eigenvalue weighted by molar-refractivity contribution is -0.169. The van der Waals surface area contributed by atoms with Crippen LogP contribution in [0.2, 0.25) is 0 Å². The zero-order chi connectivity index (χ0) is 16.9. The largest absolute Gasteiger partial charge is 0.467 e. The predicted molar refractivity (Wildman–Crippen MR) is 79.5 cm³/mol. The highest BCUT2D eigenvalue weighted by Crippen LogP contribution is 2.22. The minimum Gasteiger partial charge on any atom is -0.467 e. The average molecular weight is 321 g/mol. The number of esters is 1. The van der Waals surface area contributed by atoms with Gasteiger partial charge in [0.2, 0.25) is 11.9 Å². The third-order valence-electron chi connectivity index (χ3n) is 3.44. The zero-order valence-corrected chi connectivity index (χ0v) is 12.9. The molecule has 122 valence electrons. The van der Waals surface area contributed by atoms with Crippen LogP contribution in [0.3, 0.4) is 0 Å². The average Bonchev–Trinajstić information content (AvgIpc) is 2.56. The van der Waals surface area contributed by atoms with E-state index < -0.39 is 23.5 Å². The van der Waals surface area contributed by atoms with Crippen molar-refractivity contribution in [2.45, 2.75) is 25.6 Å². The number of ether oxygens (including phenoxy) is 2. The standard InChI is InChI=1S/C17H17F2NO3/c1-17(16(21)22-2,23-11-12-6-4-3-5-7-12)10-13-8-9-14(18)20-15(13)19/h3-9H,10-11H2,1-2H3. The number of carbonyl (C=O) groups excluding carboxylic acids is 1. The minimum atomic E-state index is -1.41. The lowest BCUT2D eigenvalue weighted by Gasteiger charge is -2.27. The SMILES string of the molecule is COC(=O)C(C)(Cc1ccc(F)nc1F)OCc1ccccc1. The van der Waals surface area contributed by atoms with Gasteiger partial charge >= 0.3 is 5.97 Å². The summed E-state index contributed by atoms with van der Waals surface area (Å²) >= 11 is 0. The van der Waals surface area contributed by atoms with E-state index in [1.165, 1.54) is 20.1 Å². The predicted octanol–water partition coefficient (Wildman–Crippen LogP) is 3.05. The Morgan fingerprint density at radius 3 is 2.48 bits per heavy atom. The van der Waals surface area contributed by atoms with Crippen molar-refractivity contribution in [2.24, 2.45) is 0 Å². The Bertz CT molecular complexity index is 679. The van der Waals surface area contributed by atoms with E-state index in [0.29, 0.717) is 0 Å². The van der Waals surface area contributed by atoms with E-state index in [1.807, 2.05) is 30.3 Å². The molecule has 1 atom stereocenters. The maximum atomic E-state index is 13.8. The molecule has 1 unspecified atom stereocenters. The second-order valence-corrected chi connectivity index (χ2v) is 5.26. The number of aromatic nitrogens is 1. The van der Waals surface area contributed by atoms with Gasteiger partial charge in [0.05, 0.1) is 13.7 Å². The van der Waals surface area contributed by atoms with Gasteiger partial charge < -0.3 is 9.47 Å². The molecule has 4 nitrogen and oxygen atoms in total. The first-order chi connectivity index (χ1) is 10.9. The number of carbonyl (C=O) groups is 1. The summed E-state index contributed by atoms with van der Waals surface area (Å²) in [5, 5.41) is 0. The number of halogens is 2. The second kappa shape index (κ2) is 7.28. The van der Waals surface area contributed by atoms with Crippen LogP contribution in [0.1, 0.15) is 18.1 Å². The summed E-state index contributed by atoms with van der Waals surface area (Å²) in [4.78, 5) is 15.2. The van der Waals surface area contributed by atoms with Gasteiger partial charge in [-0.05, 0) is 24.6 Å². The molecule has 0 spiro atoms. The van der Waals surface area contributed by atoms with E-state index >= 15 is 0 Å². The van der Waals surface area contributed by atoms with Crippen LogP contribution < -0.4 is 0 Å². The number of methoxy groups -OCH3 is 1. The summed E-state index contributed by atoms with van der Waals surface area (Å²) in [6.07, 6.45) is -0.119. The molecule has 1 aromatic heterocycles. The Labute approximate surface area is 133 Å². The highest BCUT2D eigenvalue weighted by atomic mass is 19.1. The lowest BCUT2D eigenvalue weighted by atomic mass is 9.97. The minimum absolute atomic E-state index is 0.0763. The van der Waals surface area contributed by atoms with Crippen molar-refractivity contribution >= 4 is 5.97 Å². The van der Waals surface area contributed by atoms with Gasteiger partial charge in [-0.25, -0.2) is 4.79 Å². The van der Waals surface area contributed by atoms with Gasteiger partial charge in [-0.15, -0.1) is 0 Å². The van der Waals surface area contributed by atoms with E-state index in [0.717, 1.165) is 11.6 Å². The summed E-state index contributed by atoms with van der Waals surface area (Å²) in [5.41, 5.74) is -0.474. The second-order valence-electron chi connectivity index (χ2n) is 5.26. The fraction of sp³-hybridized carbons (Fsp3) is 0.294. The Morgan fingerprint density at radius 1 is 1.17 bits per heavy atom. The Balaban J connectivity index is 2.19. The molecule has 0 aliphatic heterocycles. The topological polar surface area (TPSA) is 48.4 Å². The maximum absolute atomic E-state index is 13.8. The summed E-state index contributed by atoms with van der Waals surface area (Å²) in [5.74, 6) is -2.53. The van der Waals surface area contributed by atoms with E-state index in [4.69, 9.17) is 9.47 Å². The molecule has 1 heterocycles. The van der Waals surface area contributed by atoms with Gasteiger partial charge in [-0.2, -0.15) is 13.8 Å². The van der Waals surface area contributed by atoms with Crippen LogP contribution in [0.25, 0.3) is 0 Å². The quantitative estimate of drug-likeness (QED) is 0.606. The van der Waals surface area contributed by atoms with Crippen LogP contribution in [0, 0.1) is 11.9 Å². The van der Waals surface area contributed by atoms with Crippen molar-refractivity contribution in [1.29, 1.82) is 0 Å². The number of pyridine rings is 1. The molecule has 0 fully saturated rings. The van der Waals surface area contributed by atoms with Gasteiger partial charge in [0.1, 0.15) is 0 Å². The molecule has 0 aliphatic rings. The molecule has 0 radical (unpaired) electrons. The number of nitrogens with zero attached hydrogens (tertiary/aromatic N) is 1. The number of rotatable bonds is 6. The van der Waals surface area contributed by atoms with Crippen molar-refractivity contribution in [2.75, 3.05) is 7.11 Å². The summed E-state index contributed by atoms with van der Waals surface area (Å²) in [7, 11) is 1.23. The van der Waals surface area contributed by atoms with Crippen LogP contribution >= 0.6 is 0 Å². The molecule has 0 aliphatic carbocycles. The van der Waals surface area contributed by atoms with Crippen molar-refractivity contribution < 1.29 is 23.0 Å². The van der Waals surface area contributed by atoms with Crippen molar-refractivity contribution in [3.05, 3.63) is 65.5 Å². The molecule has 0 amide bonds. The first kappa shape index (κ1) is 17.0. The van der Waals surface area contributed by atoms with Crippen molar-refractivity contribution in [3.8, 4) is 0 Å². The summed E-state index contributed by atoms with van der Waals surface area (Å²) < 4.78 is 37.1. The summed E-state index contributed by atoms with van der Waals surface area (Å²) in [6.45, 7) is 1.66. The van der Waals surface area contributed by atoms with Gasteiger partial charge in [-0.1, -0.05) is 30.3 Å². The molecule has 2 rings (SSSR count). The molecular formula is C17H17F2NO3. The molecule has 0 saturated carbocycles. The maximum Gasteiger partial charge on any atom is 0.338 e. The van der Waals surface area contributed by atoms with Gasteiger partial charge in [0.15, 0.2) is 5.60 Å². The van der Waals surface area contributed by atoms with Crippen LogP contribution in [-0.2, 0) is 27.3 Å². The zero-order valence-electron chi connectivity index (χ0n) is 12.9. The van der Waals surface area contributed by atoms with Gasteiger partial charge in [0.25, 0.3) is 0 Å². The Morgan fingerprint density at radius 2 is 1.87 bits per heavy atom. The van der Waals surface area contributed by atoms with Crippen molar-refractivity contribution in [1.82, 2.24) is 4.98 Å². The van der Waals surface area contributed by atoms with E-state index in [1.54, 1.807) is 0 Å². The fourth-order valence-corrected chi connectivity index (χ4v) is 2.15. The first-order valence-corrected chi connectivity index (χ1v) is 7.02. The van der Waals surface area contributed by atoms with Crippen LogP contribution in [-0.4, -0.2) is 23.7 Å². The van der Waals surface area contributed by atoms with Crippen molar-refractivity contribution in [3.63, 3.8) is 0 Å². The lowest BCUT2D eigenvalue weighted by Crippen LogP contribution is -2.42. The summed E-state index contributed by atoms with van der Waals surface area (Å²) in [6, 6.07) is 11.5. The van der Waals surface area contributed by atoms with Crippen LogP contribution in [0.15, 0.2) is 42.5 Å². The fourth-order valence-electron chi connectivity index (χ4n) is 2.15. The molecular weight excluding hydrogens is 304 g/mol. The molecule has 2 aromatic rings. The Kier molecular flexibility index (Phi) is 5.39. The molecule has 0 saturated heterocycles. The number of benzene rings is 1. The molecule has 23 heavy (non-hydrogen) atoms. The van der Waals surface area contributed by atoms with Gasteiger partial charge in [0, 0.05) is 12.0 Å². The molecule has 1 aromatic carbocycles. The first-order valence-electron chi connectivity index (χ1n) is 7.02. The third-order valence-corrected chi connectivity index (χ3v) is 3.44. The smallest absolute Gasteiger partial charge is 0.338 e. The van der Waals surface area contributed by atoms with E-state index in [9.17, 15) is 13.6 Å². The number of hydrogen-bond donors (Lipinski definition) is 0. The Hall–Kier alpha value is -2.34. The van der Waals surface area contributed by atoms with E-state index in [-0.39, 0.29) is 18.6 Å². The molecule has 0 bridgehead atoms. The third kappa shape index (κ3) is 4.32. The monoisotopic (exact) mass is 321 g/mol. The van der Waals surface area contributed by atoms with Crippen LogP contribution in [0.4, 0.5) is 8.78 Å². The highest BCUT2D eigenvalue weighted by Gasteiger charge is 2.37. The molecule has 0 N–H and O–H groups in total. The van der Waals surface area contributed by atoms with Gasteiger partial charge in [-0.3, -0.25) is 0 Å². The normalized spacial score (nSPS) is 13.4. The molecule has 6 heteroatoms. The highest BCUT2D eigenvalue weighted by molar-refractivity contribution is 5.79. The van der Waals surface area contributed by atoms with Crippen LogP contribution in [0.5, 0.6) is 0 Å². The van der Waals surface area contributed by atoms with E-state index in [2.05, 4.69) is 4.98 Å².